The maximum Gasteiger partial charge on any atom is 0.250 e. The third-order valence-corrected chi connectivity index (χ3v) is 3.67. The molecule has 0 aliphatic carbocycles. The van der Waals surface area contributed by atoms with Gasteiger partial charge in [-0.15, -0.1) is 0 Å². The number of benzene rings is 1. The fraction of sp³-hybridized carbons (Fsp3) is 0.533. The fourth-order valence-corrected chi connectivity index (χ4v) is 2.72. The standard InChI is InChI=1S/C15H25ClN4O/c1-9(2)20(10(3)4)6-5-19-14-12(15(18)21)7-11(17)8-13(14)16/h7-10,19H,5-6,17H2,1-4H3,(H2,18,21). The van der Waals surface area contributed by atoms with Crippen molar-refractivity contribution in [3.8, 4) is 0 Å². The van der Waals surface area contributed by atoms with Crippen molar-refractivity contribution in [3.05, 3.63) is 22.7 Å². The lowest BCUT2D eigenvalue weighted by molar-refractivity contribution is 0.100. The predicted octanol–water partition coefficient (Wildman–Crippen LogP) is 2.55. The van der Waals surface area contributed by atoms with Gasteiger partial charge in [0, 0.05) is 30.9 Å². The minimum absolute atomic E-state index is 0.320. The lowest BCUT2D eigenvalue weighted by atomic mass is 10.1. The lowest BCUT2D eigenvalue weighted by Crippen LogP contribution is -2.40. The Bertz CT molecular complexity index is 495. The molecule has 0 saturated carbocycles. The van der Waals surface area contributed by atoms with Crippen LogP contribution in [0.3, 0.4) is 0 Å². The summed E-state index contributed by atoms with van der Waals surface area (Å²) in [6, 6.07) is 4.05. The van der Waals surface area contributed by atoms with E-state index in [9.17, 15) is 4.79 Å². The number of carbonyl (C=O) groups excluding carboxylic acids is 1. The Morgan fingerprint density at radius 2 is 1.86 bits per heavy atom. The van der Waals surface area contributed by atoms with Crippen molar-refractivity contribution < 1.29 is 4.79 Å². The molecule has 21 heavy (non-hydrogen) atoms. The van der Waals surface area contributed by atoms with E-state index in [1.54, 1.807) is 12.1 Å². The van der Waals surface area contributed by atoms with Crippen LogP contribution in [-0.2, 0) is 0 Å². The molecule has 6 heteroatoms. The van der Waals surface area contributed by atoms with Gasteiger partial charge in [-0.2, -0.15) is 0 Å². The lowest BCUT2D eigenvalue weighted by Gasteiger charge is -2.30. The quantitative estimate of drug-likeness (QED) is 0.676. The Labute approximate surface area is 131 Å². The maximum atomic E-state index is 11.5. The smallest absolute Gasteiger partial charge is 0.250 e. The predicted molar refractivity (Wildman–Crippen MR) is 89.9 cm³/mol. The van der Waals surface area contributed by atoms with Crippen LogP contribution in [-0.4, -0.2) is 36.0 Å². The Balaban J connectivity index is 2.82. The molecule has 5 N–H and O–H groups in total. The summed E-state index contributed by atoms with van der Waals surface area (Å²) < 4.78 is 0. The molecule has 0 aliphatic rings. The number of nitrogens with one attached hydrogen (secondary N) is 1. The van der Waals surface area contributed by atoms with Crippen LogP contribution in [0, 0.1) is 0 Å². The molecular weight excluding hydrogens is 288 g/mol. The second kappa shape index (κ2) is 7.52. The van der Waals surface area contributed by atoms with E-state index < -0.39 is 5.91 Å². The van der Waals surface area contributed by atoms with Crippen LogP contribution >= 0.6 is 11.6 Å². The first-order valence-corrected chi connectivity index (χ1v) is 7.50. The number of hydrogen-bond donors (Lipinski definition) is 3. The number of primary amides is 1. The number of hydrogen-bond acceptors (Lipinski definition) is 4. The molecule has 0 heterocycles. The zero-order chi connectivity index (χ0) is 16.2. The minimum atomic E-state index is -0.545. The summed E-state index contributed by atoms with van der Waals surface area (Å²) in [7, 11) is 0. The normalized spacial score (nSPS) is 11.4. The van der Waals surface area contributed by atoms with Gasteiger partial charge in [0.1, 0.15) is 0 Å². The molecule has 1 amide bonds. The number of nitrogens with two attached hydrogens (primary N) is 2. The van der Waals surface area contributed by atoms with Crippen LogP contribution in [0.4, 0.5) is 11.4 Å². The summed E-state index contributed by atoms with van der Waals surface area (Å²) in [5, 5.41) is 3.61. The highest BCUT2D eigenvalue weighted by molar-refractivity contribution is 6.34. The highest BCUT2D eigenvalue weighted by Gasteiger charge is 2.15. The first kappa shape index (κ1) is 17.6. The van der Waals surface area contributed by atoms with Gasteiger partial charge in [0.2, 0.25) is 0 Å². The Hall–Kier alpha value is -1.46. The average Bonchev–Trinajstić information content (AvgIpc) is 2.34. The first-order chi connectivity index (χ1) is 9.73. The van der Waals surface area contributed by atoms with E-state index in [1.165, 1.54) is 0 Å². The summed E-state index contributed by atoms with van der Waals surface area (Å²) in [4.78, 5) is 13.8. The number of nitrogens with zero attached hydrogens (tertiary/aromatic N) is 1. The van der Waals surface area contributed by atoms with Crippen molar-refractivity contribution >= 4 is 28.9 Å². The highest BCUT2D eigenvalue weighted by Crippen LogP contribution is 2.28. The van der Waals surface area contributed by atoms with E-state index in [0.29, 0.717) is 40.6 Å². The van der Waals surface area contributed by atoms with E-state index in [-0.39, 0.29) is 0 Å². The second-order valence-corrected chi connectivity index (χ2v) is 6.05. The summed E-state index contributed by atoms with van der Waals surface area (Å²) in [6.07, 6.45) is 0. The maximum absolute atomic E-state index is 11.5. The van der Waals surface area contributed by atoms with Crippen molar-refractivity contribution in [2.75, 3.05) is 24.1 Å². The Kier molecular flexibility index (Phi) is 6.30. The van der Waals surface area contributed by atoms with Crippen LogP contribution < -0.4 is 16.8 Å². The number of amides is 1. The van der Waals surface area contributed by atoms with Crippen LogP contribution in [0.1, 0.15) is 38.1 Å². The van der Waals surface area contributed by atoms with E-state index in [0.717, 1.165) is 6.54 Å². The van der Waals surface area contributed by atoms with Crippen molar-refractivity contribution in [2.24, 2.45) is 5.73 Å². The number of rotatable bonds is 7. The molecular formula is C15H25ClN4O. The third-order valence-electron chi connectivity index (χ3n) is 3.38. The molecule has 0 aliphatic heterocycles. The van der Waals surface area contributed by atoms with Gasteiger partial charge in [0.05, 0.1) is 16.3 Å². The van der Waals surface area contributed by atoms with E-state index in [1.807, 2.05) is 0 Å². The number of halogens is 1. The molecule has 0 fully saturated rings. The van der Waals surface area contributed by atoms with Crippen molar-refractivity contribution in [2.45, 2.75) is 39.8 Å². The molecule has 118 valence electrons. The molecule has 0 radical (unpaired) electrons. The van der Waals surface area contributed by atoms with Crippen molar-refractivity contribution in [1.82, 2.24) is 4.90 Å². The third kappa shape index (κ3) is 4.79. The second-order valence-electron chi connectivity index (χ2n) is 5.64. The zero-order valence-electron chi connectivity index (χ0n) is 13.1. The Morgan fingerprint density at radius 3 is 2.33 bits per heavy atom. The van der Waals surface area contributed by atoms with Crippen molar-refractivity contribution in [3.63, 3.8) is 0 Å². The van der Waals surface area contributed by atoms with Gasteiger partial charge in [-0.1, -0.05) is 11.6 Å². The fourth-order valence-electron chi connectivity index (χ4n) is 2.42. The minimum Gasteiger partial charge on any atom is -0.399 e. The highest BCUT2D eigenvalue weighted by atomic mass is 35.5. The van der Waals surface area contributed by atoms with Gasteiger partial charge >= 0.3 is 0 Å². The topological polar surface area (TPSA) is 84.4 Å². The zero-order valence-corrected chi connectivity index (χ0v) is 13.9. The SMILES string of the molecule is CC(C)N(CCNc1c(Cl)cc(N)cc1C(N)=O)C(C)C. The van der Waals surface area contributed by atoms with Crippen LogP contribution in [0.2, 0.25) is 5.02 Å². The first-order valence-electron chi connectivity index (χ1n) is 7.12. The van der Waals surface area contributed by atoms with E-state index in [2.05, 4.69) is 37.9 Å². The van der Waals surface area contributed by atoms with Gasteiger partial charge in [0.15, 0.2) is 0 Å². The molecule has 0 saturated heterocycles. The molecule has 5 nitrogen and oxygen atoms in total. The van der Waals surface area contributed by atoms with Gasteiger partial charge < -0.3 is 16.8 Å². The van der Waals surface area contributed by atoms with E-state index in [4.69, 9.17) is 23.1 Å². The summed E-state index contributed by atoms with van der Waals surface area (Å²) in [5.41, 5.74) is 12.4. The molecule has 0 bridgehead atoms. The number of nitrogen functional groups attached to an aromatic ring is 1. The molecule has 0 atom stereocenters. The van der Waals surface area contributed by atoms with Crippen LogP contribution in [0.25, 0.3) is 0 Å². The van der Waals surface area contributed by atoms with Crippen LogP contribution in [0.15, 0.2) is 12.1 Å². The monoisotopic (exact) mass is 312 g/mol. The van der Waals surface area contributed by atoms with Crippen molar-refractivity contribution in [1.29, 1.82) is 0 Å². The summed E-state index contributed by atoms with van der Waals surface area (Å²) in [6.45, 7) is 10.1. The summed E-state index contributed by atoms with van der Waals surface area (Å²) >= 11 is 6.16. The van der Waals surface area contributed by atoms with E-state index >= 15 is 0 Å². The van der Waals surface area contributed by atoms with Gasteiger partial charge in [0.25, 0.3) is 5.91 Å². The molecule has 0 unspecified atom stereocenters. The number of carbonyl (C=O) groups is 1. The molecule has 0 aromatic heterocycles. The number of anilines is 2. The average molecular weight is 313 g/mol. The molecule has 1 aromatic rings. The molecule has 1 aromatic carbocycles. The molecule has 0 spiro atoms. The van der Waals surface area contributed by atoms with Crippen LogP contribution in [0.5, 0.6) is 0 Å². The molecule has 1 rings (SSSR count). The summed E-state index contributed by atoms with van der Waals surface area (Å²) in [5.74, 6) is -0.545. The Morgan fingerprint density at radius 1 is 1.29 bits per heavy atom. The van der Waals surface area contributed by atoms with Gasteiger partial charge in [-0.3, -0.25) is 9.69 Å². The van der Waals surface area contributed by atoms with Gasteiger partial charge in [-0.25, -0.2) is 0 Å². The largest absolute Gasteiger partial charge is 0.399 e. The van der Waals surface area contributed by atoms with Gasteiger partial charge in [-0.05, 0) is 39.8 Å².